The maximum Gasteiger partial charge on any atom is 0.233 e. The molecule has 0 aliphatic carbocycles. The second-order valence-corrected chi connectivity index (χ2v) is 7.84. The zero-order chi connectivity index (χ0) is 19.9. The molecule has 0 aliphatic rings. The highest BCUT2D eigenvalue weighted by Crippen LogP contribution is 2.26. The summed E-state index contributed by atoms with van der Waals surface area (Å²) < 4.78 is 19.7. The summed E-state index contributed by atoms with van der Waals surface area (Å²) in [4.78, 5) is 17.2. The van der Waals surface area contributed by atoms with Gasteiger partial charge in [-0.15, -0.1) is 11.8 Å². The van der Waals surface area contributed by atoms with Crippen LogP contribution in [0.4, 0.5) is 4.39 Å². The van der Waals surface area contributed by atoms with E-state index in [1.165, 1.54) is 30.1 Å². The normalized spacial score (nSPS) is 11.7. The number of pyridine rings is 1. The predicted molar refractivity (Wildman–Crippen MR) is 109 cm³/mol. The molecule has 2 aromatic carbocycles. The Labute approximate surface area is 172 Å². The molecule has 1 heterocycles. The van der Waals surface area contributed by atoms with E-state index in [2.05, 4.69) is 10.3 Å². The zero-order valence-corrected chi connectivity index (χ0v) is 16.6. The molecule has 0 fully saturated rings. The van der Waals surface area contributed by atoms with Crippen molar-refractivity contribution in [1.29, 1.82) is 0 Å². The molecule has 0 saturated carbocycles. The molecule has 144 valence electrons. The number of halogens is 2. The highest BCUT2D eigenvalue weighted by atomic mass is 35.5. The molecule has 1 N–H and O–H groups in total. The third kappa shape index (κ3) is 5.71. The fourth-order valence-corrected chi connectivity index (χ4v) is 3.39. The Morgan fingerprint density at radius 2 is 2.04 bits per heavy atom. The molecule has 0 bridgehead atoms. The lowest BCUT2D eigenvalue weighted by molar-refractivity contribution is -0.120. The Bertz CT molecular complexity index is 939. The lowest BCUT2D eigenvalue weighted by Crippen LogP contribution is -2.30. The molecule has 1 atom stereocenters. The van der Waals surface area contributed by atoms with Gasteiger partial charge in [-0.3, -0.25) is 9.78 Å². The summed E-state index contributed by atoms with van der Waals surface area (Å²) in [5.41, 5.74) is 0.646. The van der Waals surface area contributed by atoms with Crippen LogP contribution in [0, 0.1) is 5.82 Å². The molecule has 0 saturated heterocycles. The number of ether oxygens (including phenoxy) is 1. The molecule has 1 unspecified atom stereocenters. The van der Waals surface area contributed by atoms with Gasteiger partial charge < -0.3 is 10.1 Å². The summed E-state index contributed by atoms with van der Waals surface area (Å²) in [5, 5.41) is 3.18. The number of nitrogens with zero attached hydrogens (tertiary/aromatic N) is 1. The topological polar surface area (TPSA) is 51.2 Å². The maximum absolute atomic E-state index is 14.3. The van der Waals surface area contributed by atoms with E-state index in [0.717, 1.165) is 4.90 Å². The van der Waals surface area contributed by atoms with Crippen LogP contribution in [0.25, 0.3) is 0 Å². The first-order valence-electron chi connectivity index (χ1n) is 8.57. The van der Waals surface area contributed by atoms with E-state index in [1.54, 1.807) is 36.5 Å². The first-order chi connectivity index (χ1) is 13.5. The summed E-state index contributed by atoms with van der Waals surface area (Å²) in [6.45, 7) is 2.05. The van der Waals surface area contributed by atoms with Crippen LogP contribution in [0.1, 0.15) is 12.5 Å². The third-order valence-corrected chi connectivity index (χ3v) is 5.18. The number of carbonyl (C=O) groups excluding carboxylic acids is 1. The number of rotatable bonds is 7. The van der Waals surface area contributed by atoms with Gasteiger partial charge >= 0.3 is 0 Å². The third-order valence-electron chi connectivity index (χ3n) is 3.82. The van der Waals surface area contributed by atoms with E-state index in [-0.39, 0.29) is 23.5 Å². The van der Waals surface area contributed by atoms with Gasteiger partial charge in [-0.05, 0) is 61.0 Å². The van der Waals surface area contributed by atoms with Crippen molar-refractivity contribution in [2.24, 2.45) is 0 Å². The summed E-state index contributed by atoms with van der Waals surface area (Å²) >= 11 is 7.30. The van der Waals surface area contributed by atoms with Crippen molar-refractivity contribution >= 4 is 29.3 Å². The summed E-state index contributed by atoms with van der Waals surface area (Å²) in [6, 6.07) is 15.3. The Morgan fingerprint density at radius 3 is 2.71 bits per heavy atom. The maximum atomic E-state index is 14.3. The molecule has 7 heteroatoms. The molecule has 0 aliphatic heterocycles. The standard InChI is InChI=1S/C21H18ClFN2O2S/c1-14(28-18-7-5-16(22)6-8-18)21(26)25-12-15-4-9-20(19(23)11-15)27-17-3-2-10-24-13-17/h2-11,13-14H,12H2,1H3,(H,25,26). The van der Waals surface area contributed by atoms with Crippen molar-refractivity contribution in [3.63, 3.8) is 0 Å². The van der Waals surface area contributed by atoms with Gasteiger partial charge in [0.15, 0.2) is 11.6 Å². The minimum Gasteiger partial charge on any atom is -0.453 e. The Hall–Kier alpha value is -2.57. The van der Waals surface area contributed by atoms with Gasteiger partial charge in [0.05, 0.1) is 11.4 Å². The predicted octanol–water partition coefficient (Wildman–Crippen LogP) is 5.46. The van der Waals surface area contributed by atoms with Crippen LogP contribution in [-0.2, 0) is 11.3 Å². The van der Waals surface area contributed by atoms with E-state index in [1.807, 2.05) is 19.1 Å². The molecule has 1 aromatic heterocycles. The number of amides is 1. The second kappa shape index (κ2) is 9.57. The molecule has 3 aromatic rings. The summed E-state index contributed by atoms with van der Waals surface area (Å²) in [6.07, 6.45) is 3.12. The van der Waals surface area contributed by atoms with Crippen molar-refractivity contribution in [3.8, 4) is 11.5 Å². The van der Waals surface area contributed by atoms with Crippen molar-refractivity contribution < 1.29 is 13.9 Å². The Morgan fingerprint density at radius 1 is 1.25 bits per heavy atom. The van der Waals surface area contributed by atoms with Gasteiger partial charge in [0.2, 0.25) is 5.91 Å². The van der Waals surface area contributed by atoms with Crippen molar-refractivity contribution in [1.82, 2.24) is 10.3 Å². The number of nitrogens with one attached hydrogen (secondary N) is 1. The van der Waals surface area contributed by atoms with E-state index < -0.39 is 5.82 Å². The summed E-state index contributed by atoms with van der Waals surface area (Å²) in [7, 11) is 0. The number of hydrogen-bond acceptors (Lipinski definition) is 4. The zero-order valence-electron chi connectivity index (χ0n) is 15.1. The van der Waals surface area contributed by atoms with Crippen LogP contribution < -0.4 is 10.1 Å². The van der Waals surface area contributed by atoms with Gasteiger partial charge in [0, 0.05) is 22.7 Å². The summed E-state index contributed by atoms with van der Waals surface area (Å²) in [5.74, 6) is -0.0690. The van der Waals surface area contributed by atoms with Crippen LogP contribution in [0.15, 0.2) is 71.9 Å². The molecule has 0 spiro atoms. The molecule has 1 amide bonds. The first kappa shape index (κ1) is 20.2. The average Bonchev–Trinajstić information content (AvgIpc) is 2.70. The van der Waals surface area contributed by atoms with Gasteiger partial charge in [-0.2, -0.15) is 0 Å². The van der Waals surface area contributed by atoms with Crippen LogP contribution in [-0.4, -0.2) is 16.1 Å². The van der Waals surface area contributed by atoms with Crippen molar-refractivity contribution in [2.45, 2.75) is 23.6 Å². The number of carbonyl (C=O) groups is 1. The van der Waals surface area contributed by atoms with Crippen LogP contribution in [0.5, 0.6) is 11.5 Å². The largest absolute Gasteiger partial charge is 0.453 e. The monoisotopic (exact) mass is 416 g/mol. The minimum atomic E-state index is -0.501. The van der Waals surface area contributed by atoms with E-state index >= 15 is 0 Å². The number of thioether (sulfide) groups is 1. The molecule has 3 rings (SSSR count). The second-order valence-electron chi connectivity index (χ2n) is 5.99. The fourth-order valence-electron chi connectivity index (χ4n) is 2.38. The molecule has 28 heavy (non-hydrogen) atoms. The van der Waals surface area contributed by atoms with Crippen molar-refractivity contribution in [2.75, 3.05) is 0 Å². The Balaban J connectivity index is 1.54. The average molecular weight is 417 g/mol. The van der Waals surface area contributed by atoms with Crippen LogP contribution >= 0.6 is 23.4 Å². The van der Waals surface area contributed by atoms with Crippen molar-refractivity contribution in [3.05, 3.63) is 83.4 Å². The highest BCUT2D eigenvalue weighted by molar-refractivity contribution is 8.00. The van der Waals surface area contributed by atoms with Crippen LogP contribution in [0.2, 0.25) is 5.02 Å². The molecular weight excluding hydrogens is 399 g/mol. The highest BCUT2D eigenvalue weighted by Gasteiger charge is 2.14. The number of benzene rings is 2. The minimum absolute atomic E-state index is 0.106. The van der Waals surface area contributed by atoms with Gasteiger partial charge in [-0.25, -0.2) is 4.39 Å². The van der Waals surface area contributed by atoms with Crippen LogP contribution in [0.3, 0.4) is 0 Å². The quantitative estimate of drug-likeness (QED) is 0.519. The molecular formula is C21H18ClFN2O2S. The van der Waals surface area contributed by atoms with Gasteiger partial charge in [0.25, 0.3) is 0 Å². The Kier molecular flexibility index (Phi) is 6.90. The fraction of sp³-hybridized carbons (Fsp3) is 0.143. The number of hydrogen-bond donors (Lipinski definition) is 1. The lowest BCUT2D eigenvalue weighted by atomic mass is 10.2. The van der Waals surface area contributed by atoms with E-state index in [0.29, 0.717) is 16.3 Å². The van der Waals surface area contributed by atoms with E-state index in [4.69, 9.17) is 16.3 Å². The lowest BCUT2D eigenvalue weighted by Gasteiger charge is -2.13. The molecule has 0 radical (unpaired) electrons. The molecule has 4 nitrogen and oxygen atoms in total. The van der Waals surface area contributed by atoms with E-state index in [9.17, 15) is 9.18 Å². The SMILES string of the molecule is CC(Sc1ccc(Cl)cc1)C(=O)NCc1ccc(Oc2cccnc2)c(F)c1. The number of aromatic nitrogens is 1. The first-order valence-corrected chi connectivity index (χ1v) is 9.83. The smallest absolute Gasteiger partial charge is 0.233 e. The van der Waals surface area contributed by atoms with Gasteiger partial charge in [-0.1, -0.05) is 17.7 Å². The van der Waals surface area contributed by atoms with Gasteiger partial charge in [0.1, 0.15) is 5.75 Å².